The average Bonchev–Trinajstić information content (AvgIpc) is 2.44. The molecule has 0 spiro atoms. The van der Waals surface area contributed by atoms with Gasteiger partial charge in [-0.15, -0.1) is 0 Å². The summed E-state index contributed by atoms with van der Waals surface area (Å²) in [7, 11) is 0. The molecule has 2 rings (SSSR count). The van der Waals surface area contributed by atoms with Crippen LogP contribution in [-0.2, 0) is 17.8 Å². The Morgan fingerprint density at radius 2 is 2.05 bits per heavy atom. The van der Waals surface area contributed by atoms with Crippen LogP contribution in [0.4, 0.5) is 0 Å². The van der Waals surface area contributed by atoms with Crippen molar-refractivity contribution in [3.05, 3.63) is 34.9 Å². The third-order valence-electron chi connectivity index (χ3n) is 3.82. The normalized spacial score (nSPS) is 15.7. The van der Waals surface area contributed by atoms with Gasteiger partial charge in [-0.3, -0.25) is 4.79 Å². The van der Waals surface area contributed by atoms with E-state index in [9.17, 15) is 9.59 Å². The van der Waals surface area contributed by atoms with Crippen molar-refractivity contribution in [1.29, 1.82) is 0 Å². The predicted octanol–water partition coefficient (Wildman–Crippen LogP) is 1.64. The van der Waals surface area contributed by atoms with Gasteiger partial charge in [0.05, 0.1) is 11.6 Å². The fraction of sp³-hybridized carbons (Fsp3) is 0.500. The number of aromatic carboxylic acids is 1. The first-order valence-corrected chi connectivity index (χ1v) is 7.28. The number of fused-ring (bicyclic) bond motifs is 1. The maximum Gasteiger partial charge on any atom is 0.335 e. The maximum absolute atomic E-state index is 12.3. The Hall–Kier alpha value is -1.88. The summed E-state index contributed by atoms with van der Waals surface area (Å²) in [5, 5.41) is 9.05. The average molecular weight is 290 g/mol. The maximum atomic E-state index is 12.3. The molecule has 1 aromatic rings. The lowest BCUT2D eigenvalue weighted by Gasteiger charge is -2.31. The zero-order valence-corrected chi connectivity index (χ0v) is 12.5. The highest BCUT2D eigenvalue weighted by Crippen LogP contribution is 2.21. The molecule has 0 saturated carbocycles. The lowest BCUT2D eigenvalue weighted by Crippen LogP contribution is -2.46. The molecule has 0 fully saturated rings. The SMILES string of the molecule is CC(C)CC(N)C(=O)N1CCc2ccc(C(=O)O)cc2C1. The number of carbonyl (C=O) groups is 2. The molecule has 0 saturated heterocycles. The Bertz CT molecular complexity index is 554. The number of carboxylic acid groups (broad SMARTS) is 1. The monoisotopic (exact) mass is 290 g/mol. The molecule has 1 aromatic carbocycles. The molecule has 1 unspecified atom stereocenters. The van der Waals surface area contributed by atoms with E-state index in [1.165, 1.54) is 0 Å². The third-order valence-corrected chi connectivity index (χ3v) is 3.82. The Kier molecular flexibility index (Phi) is 4.63. The van der Waals surface area contributed by atoms with E-state index in [0.717, 1.165) is 17.5 Å². The number of amides is 1. The van der Waals surface area contributed by atoms with E-state index < -0.39 is 12.0 Å². The van der Waals surface area contributed by atoms with Crippen LogP contribution in [0.5, 0.6) is 0 Å². The van der Waals surface area contributed by atoms with Crippen LogP contribution in [0.1, 0.15) is 41.8 Å². The van der Waals surface area contributed by atoms with Gasteiger partial charge in [0.2, 0.25) is 5.91 Å². The molecule has 0 radical (unpaired) electrons. The molecule has 1 aliphatic heterocycles. The van der Waals surface area contributed by atoms with Crippen LogP contribution in [0.2, 0.25) is 0 Å². The topological polar surface area (TPSA) is 83.6 Å². The van der Waals surface area contributed by atoms with Gasteiger partial charge in [-0.25, -0.2) is 4.79 Å². The van der Waals surface area contributed by atoms with Crippen molar-refractivity contribution in [1.82, 2.24) is 4.90 Å². The number of rotatable bonds is 4. The highest BCUT2D eigenvalue weighted by Gasteiger charge is 2.25. The summed E-state index contributed by atoms with van der Waals surface area (Å²) >= 11 is 0. The number of carbonyl (C=O) groups excluding carboxylic acids is 1. The van der Waals surface area contributed by atoms with E-state index in [-0.39, 0.29) is 11.5 Å². The minimum absolute atomic E-state index is 0.0462. The van der Waals surface area contributed by atoms with Gasteiger partial charge in [-0.1, -0.05) is 19.9 Å². The minimum Gasteiger partial charge on any atom is -0.478 e. The first kappa shape index (κ1) is 15.5. The summed E-state index contributed by atoms with van der Waals surface area (Å²) in [4.78, 5) is 25.1. The summed E-state index contributed by atoms with van der Waals surface area (Å²) in [6.07, 6.45) is 1.41. The van der Waals surface area contributed by atoms with Crippen molar-refractivity contribution in [2.45, 2.75) is 39.3 Å². The number of nitrogens with zero attached hydrogens (tertiary/aromatic N) is 1. The van der Waals surface area contributed by atoms with Gasteiger partial charge < -0.3 is 15.7 Å². The second-order valence-electron chi connectivity index (χ2n) is 6.03. The Labute approximate surface area is 124 Å². The summed E-state index contributed by atoms with van der Waals surface area (Å²) in [6, 6.07) is 4.64. The number of benzene rings is 1. The summed E-state index contributed by atoms with van der Waals surface area (Å²) in [5.41, 5.74) is 8.24. The molecule has 0 aliphatic carbocycles. The molecule has 1 aliphatic rings. The molecule has 1 atom stereocenters. The van der Waals surface area contributed by atoms with Crippen LogP contribution in [0.15, 0.2) is 18.2 Å². The Morgan fingerprint density at radius 1 is 1.33 bits per heavy atom. The number of hydrogen-bond acceptors (Lipinski definition) is 3. The highest BCUT2D eigenvalue weighted by molar-refractivity contribution is 5.88. The third kappa shape index (κ3) is 3.61. The van der Waals surface area contributed by atoms with Gasteiger partial charge in [-0.05, 0) is 42.0 Å². The molecule has 0 bridgehead atoms. The lowest BCUT2D eigenvalue weighted by atomic mass is 9.96. The van der Waals surface area contributed by atoms with Crippen molar-refractivity contribution >= 4 is 11.9 Å². The van der Waals surface area contributed by atoms with Crippen LogP contribution in [0.25, 0.3) is 0 Å². The Balaban J connectivity index is 2.12. The standard InChI is InChI=1S/C16H22N2O3/c1-10(2)7-14(17)15(19)18-6-5-11-3-4-12(16(20)21)8-13(11)9-18/h3-4,8,10,14H,5-7,9,17H2,1-2H3,(H,20,21). The zero-order valence-electron chi connectivity index (χ0n) is 12.5. The van der Waals surface area contributed by atoms with Gasteiger partial charge in [0.25, 0.3) is 0 Å². The predicted molar refractivity (Wildman–Crippen MR) is 80.0 cm³/mol. The van der Waals surface area contributed by atoms with E-state index in [0.29, 0.717) is 25.4 Å². The number of nitrogens with two attached hydrogens (primary N) is 1. The largest absolute Gasteiger partial charge is 0.478 e. The quantitative estimate of drug-likeness (QED) is 0.883. The first-order chi connectivity index (χ1) is 9.88. The van der Waals surface area contributed by atoms with Gasteiger partial charge in [0.1, 0.15) is 0 Å². The molecule has 1 heterocycles. The second-order valence-corrected chi connectivity index (χ2v) is 6.03. The second kappa shape index (κ2) is 6.26. The molecular weight excluding hydrogens is 268 g/mol. The van der Waals surface area contributed by atoms with Crippen molar-refractivity contribution in [3.63, 3.8) is 0 Å². The van der Waals surface area contributed by atoms with Gasteiger partial charge >= 0.3 is 5.97 Å². The molecule has 0 aromatic heterocycles. The fourth-order valence-corrected chi connectivity index (χ4v) is 2.72. The van der Waals surface area contributed by atoms with Gasteiger partial charge in [-0.2, -0.15) is 0 Å². The minimum atomic E-state index is -0.947. The first-order valence-electron chi connectivity index (χ1n) is 7.28. The van der Waals surface area contributed by atoms with E-state index in [2.05, 4.69) is 0 Å². The Morgan fingerprint density at radius 3 is 2.67 bits per heavy atom. The van der Waals surface area contributed by atoms with Crippen molar-refractivity contribution in [2.75, 3.05) is 6.54 Å². The molecule has 21 heavy (non-hydrogen) atoms. The smallest absolute Gasteiger partial charge is 0.335 e. The van der Waals surface area contributed by atoms with Crippen LogP contribution >= 0.6 is 0 Å². The zero-order chi connectivity index (χ0) is 15.6. The van der Waals surface area contributed by atoms with Crippen LogP contribution in [0, 0.1) is 5.92 Å². The molecule has 5 heteroatoms. The van der Waals surface area contributed by atoms with Crippen molar-refractivity contribution < 1.29 is 14.7 Å². The van der Waals surface area contributed by atoms with E-state index >= 15 is 0 Å². The van der Waals surface area contributed by atoms with Crippen LogP contribution in [0.3, 0.4) is 0 Å². The molecule has 114 valence electrons. The lowest BCUT2D eigenvalue weighted by molar-refractivity contribution is -0.133. The van der Waals surface area contributed by atoms with E-state index in [1.807, 2.05) is 19.9 Å². The van der Waals surface area contributed by atoms with Crippen molar-refractivity contribution in [2.24, 2.45) is 11.7 Å². The summed E-state index contributed by atoms with van der Waals surface area (Å²) in [6.45, 7) is 5.17. The van der Waals surface area contributed by atoms with Crippen LogP contribution < -0.4 is 5.73 Å². The van der Waals surface area contributed by atoms with E-state index in [4.69, 9.17) is 10.8 Å². The van der Waals surface area contributed by atoms with Gasteiger partial charge in [0, 0.05) is 13.1 Å². The van der Waals surface area contributed by atoms with E-state index in [1.54, 1.807) is 17.0 Å². The molecule has 1 amide bonds. The molecule has 5 nitrogen and oxygen atoms in total. The van der Waals surface area contributed by atoms with Gasteiger partial charge in [0.15, 0.2) is 0 Å². The van der Waals surface area contributed by atoms with Crippen LogP contribution in [-0.4, -0.2) is 34.5 Å². The highest BCUT2D eigenvalue weighted by atomic mass is 16.4. The number of carboxylic acids is 1. The summed E-state index contributed by atoms with van der Waals surface area (Å²) in [5.74, 6) is -0.618. The molecule has 3 N–H and O–H groups in total. The summed E-state index contributed by atoms with van der Waals surface area (Å²) < 4.78 is 0. The van der Waals surface area contributed by atoms with Crippen molar-refractivity contribution in [3.8, 4) is 0 Å². The fourth-order valence-electron chi connectivity index (χ4n) is 2.72. The number of hydrogen-bond donors (Lipinski definition) is 2. The molecular formula is C16H22N2O3.